The fraction of sp³-hybridized carbons (Fsp3) is 0.118. The maximum absolute atomic E-state index is 4.84. The highest BCUT2D eigenvalue weighted by molar-refractivity contribution is 5.81. The minimum absolute atomic E-state index is 0.989. The Morgan fingerprint density at radius 1 is 1.11 bits per heavy atom. The zero-order valence-corrected chi connectivity index (χ0v) is 10.3. The summed E-state index contributed by atoms with van der Waals surface area (Å²) in [4.78, 5) is 4.84. The standard InChI is InChI=1S/C17H13N/c1-11-6-7-12-9-14-10-13-4-2-3-5-16(13)18-17(14)15(12)8-11/h2,4-10H,3H2,1H3. The van der Waals surface area contributed by atoms with E-state index in [4.69, 9.17) is 4.98 Å². The zero-order valence-electron chi connectivity index (χ0n) is 10.3. The number of aromatic nitrogens is 1. The number of nitrogens with zero attached hydrogens (tertiary/aromatic N) is 1. The van der Waals surface area contributed by atoms with Gasteiger partial charge in [0.2, 0.25) is 0 Å². The van der Waals surface area contributed by atoms with Gasteiger partial charge >= 0.3 is 0 Å². The molecule has 0 radical (unpaired) electrons. The highest BCUT2D eigenvalue weighted by Crippen LogP contribution is 2.25. The highest BCUT2D eigenvalue weighted by Gasteiger charge is 2.14. The van der Waals surface area contributed by atoms with E-state index in [1.54, 1.807) is 0 Å². The van der Waals surface area contributed by atoms with Crippen molar-refractivity contribution in [1.29, 1.82) is 0 Å². The van der Waals surface area contributed by atoms with Gasteiger partial charge in [-0.15, -0.1) is 0 Å². The molecule has 1 heterocycles. The van der Waals surface area contributed by atoms with E-state index in [1.807, 2.05) is 0 Å². The van der Waals surface area contributed by atoms with Gasteiger partial charge in [-0.05, 0) is 37.1 Å². The summed E-state index contributed by atoms with van der Waals surface area (Å²) in [7, 11) is 0. The molecule has 0 amide bonds. The molecular weight excluding hydrogens is 218 g/mol. The molecule has 0 aliphatic heterocycles. The molecule has 1 aromatic carbocycles. The monoisotopic (exact) mass is 231 g/mol. The Labute approximate surface area is 106 Å². The van der Waals surface area contributed by atoms with Gasteiger partial charge in [0.1, 0.15) is 0 Å². The van der Waals surface area contributed by atoms with Crippen molar-refractivity contribution in [1.82, 2.24) is 4.98 Å². The summed E-state index contributed by atoms with van der Waals surface area (Å²) in [5.41, 5.74) is 6.23. The van der Waals surface area contributed by atoms with Crippen molar-refractivity contribution in [3.8, 4) is 11.3 Å². The maximum atomic E-state index is 4.84. The average molecular weight is 231 g/mol. The number of benzene rings is 1. The maximum Gasteiger partial charge on any atom is 0.0788 e. The van der Waals surface area contributed by atoms with Crippen LogP contribution in [0.25, 0.3) is 29.5 Å². The molecule has 0 saturated carbocycles. The van der Waals surface area contributed by atoms with Gasteiger partial charge in [-0.25, -0.2) is 4.98 Å². The van der Waals surface area contributed by atoms with Crippen molar-refractivity contribution in [2.75, 3.05) is 0 Å². The van der Waals surface area contributed by atoms with E-state index < -0.39 is 0 Å². The molecular formula is C17H13N. The lowest BCUT2D eigenvalue weighted by atomic mass is 10.0. The largest absolute Gasteiger partial charge is 0.247 e. The van der Waals surface area contributed by atoms with Crippen LogP contribution in [0.1, 0.15) is 23.1 Å². The molecule has 1 aromatic heterocycles. The Morgan fingerprint density at radius 2 is 2.06 bits per heavy atom. The molecule has 0 N–H and O–H groups in total. The van der Waals surface area contributed by atoms with Gasteiger partial charge in [0.15, 0.2) is 0 Å². The SMILES string of the molecule is Cc1ccc2c(c1)-c1nc3c(cc1=C2)C=CCC=3. The molecule has 0 unspecified atom stereocenters. The fourth-order valence-electron chi connectivity index (χ4n) is 2.73. The Bertz CT molecular complexity index is 810. The van der Waals surface area contributed by atoms with Gasteiger partial charge in [0.25, 0.3) is 0 Å². The first-order valence-corrected chi connectivity index (χ1v) is 6.32. The van der Waals surface area contributed by atoms with Crippen LogP contribution >= 0.6 is 0 Å². The number of allylic oxidation sites excluding steroid dienone is 1. The molecule has 0 spiro atoms. The number of fused-ring (bicyclic) bond motifs is 4. The van der Waals surface area contributed by atoms with Gasteiger partial charge < -0.3 is 0 Å². The quantitative estimate of drug-likeness (QED) is 0.579. The van der Waals surface area contributed by atoms with Crippen LogP contribution in [0, 0.1) is 6.92 Å². The fourth-order valence-corrected chi connectivity index (χ4v) is 2.73. The normalized spacial score (nSPS) is 14.3. The lowest BCUT2D eigenvalue weighted by Gasteiger charge is -2.05. The summed E-state index contributed by atoms with van der Waals surface area (Å²) in [5.74, 6) is 0. The third-order valence-corrected chi connectivity index (χ3v) is 3.63. The molecule has 1 nitrogen and oxygen atoms in total. The van der Waals surface area contributed by atoms with Crippen molar-refractivity contribution in [2.24, 2.45) is 0 Å². The summed E-state index contributed by atoms with van der Waals surface area (Å²) in [5, 5.41) is 2.37. The van der Waals surface area contributed by atoms with E-state index in [9.17, 15) is 0 Å². The van der Waals surface area contributed by atoms with Crippen LogP contribution in [0.4, 0.5) is 0 Å². The average Bonchev–Trinajstić information content (AvgIpc) is 2.73. The first-order valence-electron chi connectivity index (χ1n) is 6.32. The van der Waals surface area contributed by atoms with Crippen molar-refractivity contribution in [3.63, 3.8) is 0 Å². The Hall–Kier alpha value is -2.15. The Balaban J connectivity index is 2.08. The molecule has 2 aliphatic carbocycles. The van der Waals surface area contributed by atoms with Crippen LogP contribution in [0.2, 0.25) is 0 Å². The minimum atomic E-state index is 0.989. The lowest BCUT2D eigenvalue weighted by molar-refractivity contribution is 1.20. The van der Waals surface area contributed by atoms with Crippen LogP contribution in [-0.2, 0) is 0 Å². The second-order valence-electron chi connectivity index (χ2n) is 4.98. The van der Waals surface area contributed by atoms with Crippen molar-refractivity contribution in [2.45, 2.75) is 13.3 Å². The second-order valence-corrected chi connectivity index (χ2v) is 4.98. The van der Waals surface area contributed by atoms with E-state index in [1.165, 1.54) is 27.5 Å². The third kappa shape index (κ3) is 1.31. The predicted octanol–water partition coefficient (Wildman–Crippen LogP) is 2.40. The van der Waals surface area contributed by atoms with Crippen molar-refractivity contribution >= 4 is 18.2 Å². The second kappa shape index (κ2) is 3.42. The number of hydrogen-bond acceptors (Lipinski definition) is 1. The van der Waals surface area contributed by atoms with E-state index in [0.717, 1.165) is 17.5 Å². The van der Waals surface area contributed by atoms with Gasteiger partial charge in [-0.2, -0.15) is 0 Å². The van der Waals surface area contributed by atoms with Crippen LogP contribution in [0.5, 0.6) is 0 Å². The number of hydrogen-bond donors (Lipinski definition) is 0. The van der Waals surface area contributed by atoms with E-state index in [0.29, 0.717) is 0 Å². The van der Waals surface area contributed by atoms with Crippen LogP contribution in [0.3, 0.4) is 0 Å². The van der Waals surface area contributed by atoms with E-state index >= 15 is 0 Å². The molecule has 2 aromatic rings. The number of rotatable bonds is 0. The van der Waals surface area contributed by atoms with Gasteiger partial charge in [0, 0.05) is 16.3 Å². The summed E-state index contributed by atoms with van der Waals surface area (Å²) in [6.45, 7) is 2.13. The molecule has 1 heteroatoms. The predicted molar refractivity (Wildman–Crippen MR) is 75.3 cm³/mol. The molecule has 0 bridgehead atoms. The number of pyridine rings is 1. The summed E-state index contributed by atoms with van der Waals surface area (Å²) in [6, 6.07) is 8.83. The van der Waals surface area contributed by atoms with E-state index in [2.05, 4.69) is 55.5 Å². The number of aryl methyl sites for hydroxylation is 1. The lowest BCUT2D eigenvalue weighted by Crippen LogP contribution is -2.20. The molecule has 0 atom stereocenters. The molecule has 86 valence electrons. The first kappa shape index (κ1) is 9.84. The van der Waals surface area contributed by atoms with Crippen molar-refractivity contribution < 1.29 is 0 Å². The van der Waals surface area contributed by atoms with Gasteiger partial charge in [-0.1, -0.05) is 35.9 Å². The topological polar surface area (TPSA) is 12.9 Å². The van der Waals surface area contributed by atoms with Crippen LogP contribution in [-0.4, -0.2) is 4.98 Å². The highest BCUT2D eigenvalue weighted by atomic mass is 14.7. The Morgan fingerprint density at radius 3 is 3.00 bits per heavy atom. The smallest absolute Gasteiger partial charge is 0.0788 e. The van der Waals surface area contributed by atoms with Crippen LogP contribution in [0.15, 0.2) is 30.3 Å². The summed E-state index contributed by atoms with van der Waals surface area (Å²) < 4.78 is 0. The zero-order chi connectivity index (χ0) is 12.1. The van der Waals surface area contributed by atoms with Gasteiger partial charge in [0.05, 0.1) is 11.0 Å². The summed E-state index contributed by atoms with van der Waals surface area (Å²) in [6.07, 6.45) is 9.78. The van der Waals surface area contributed by atoms with Crippen molar-refractivity contribution in [3.05, 3.63) is 57.6 Å². The summed E-state index contributed by atoms with van der Waals surface area (Å²) >= 11 is 0. The molecule has 0 saturated heterocycles. The van der Waals surface area contributed by atoms with E-state index in [-0.39, 0.29) is 0 Å². The third-order valence-electron chi connectivity index (χ3n) is 3.63. The van der Waals surface area contributed by atoms with Crippen LogP contribution < -0.4 is 10.6 Å². The molecule has 2 aliphatic rings. The minimum Gasteiger partial charge on any atom is -0.247 e. The first-order chi connectivity index (χ1) is 8.81. The molecule has 18 heavy (non-hydrogen) atoms. The molecule has 4 rings (SSSR count). The Kier molecular flexibility index (Phi) is 1.87. The molecule has 0 fully saturated rings. The van der Waals surface area contributed by atoms with Gasteiger partial charge in [-0.3, -0.25) is 0 Å².